The van der Waals surface area contributed by atoms with Crippen molar-refractivity contribution in [3.05, 3.63) is 0 Å². The number of nitrogens with one attached hydrogen (secondary N) is 1. The van der Waals surface area contributed by atoms with E-state index < -0.39 is 0 Å². The molecule has 2 heteroatoms. The monoisotopic (exact) mass is 184 g/mol. The molecule has 0 spiro atoms. The first kappa shape index (κ1) is 11.0. The fraction of sp³-hybridized carbons (Fsp3) is 1.00. The quantitative estimate of drug-likeness (QED) is 0.716. The van der Waals surface area contributed by atoms with Gasteiger partial charge in [-0.15, -0.1) is 0 Å². The molecule has 0 radical (unpaired) electrons. The van der Waals surface area contributed by atoms with Crippen molar-refractivity contribution in [1.29, 1.82) is 0 Å². The molecule has 1 rings (SSSR count). The highest BCUT2D eigenvalue weighted by Gasteiger charge is 2.13. The van der Waals surface area contributed by atoms with Gasteiger partial charge in [0, 0.05) is 19.6 Å². The summed E-state index contributed by atoms with van der Waals surface area (Å²) in [7, 11) is 0. The molecule has 1 unspecified atom stereocenters. The largest absolute Gasteiger partial charge is 0.315 e. The SMILES string of the molecule is CC(C)C(C)CN1CCCNCC1. The lowest BCUT2D eigenvalue weighted by Crippen LogP contribution is -2.33. The molecule has 2 nitrogen and oxygen atoms in total. The molecule has 0 aliphatic carbocycles. The lowest BCUT2D eigenvalue weighted by Gasteiger charge is -2.25. The number of rotatable bonds is 3. The van der Waals surface area contributed by atoms with Crippen molar-refractivity contribution in [2.45, 2.75) is 27.2 Å². The van der Waals surface area contributed by atoms with Gasteiger partial charge in [0.25, 0.3) is 0 Å². The maximum atomic E-state index is 3.44. The number of hydrogen-bond donors (Lipinski definition) is 1. The van der Waals surface area contributed by atoms with E-state index in [0.717, 1.165) is 11.8 Å². The van der Waals surface area contributed by atoms with E-state index in [1.54, 1.807) is 0 Å². The predicted molar refractivity (Wildman–Crippen MR) is 57.9 cm³/mol. The Morgan fingerprint density at radius 2 is 1.92 bits per heavy atom. The molecule has 1 fully saturated rings. The van der Waals surface area contributed by atoms with E-state index in [1.807, 2.05) is 0 Å². The van der Waals surface area contributed by atoms with Gasteiger partial charge in [-0.2, -0.15) is 0 Å². The summed E-state index contributed by atoms with van der Waals surface area (Å²) in [5, 5.41) is 3.44. The Labute approximate surface area is 82.7 Å². The molecule has 1 aliphatic heterocycles. The van der Waals surface area contributed by atoms with Crippen molar-refractivity contribution in [2.75, 3.05) is 32.7 Å². The molecule has 0 bridgehead atoms. The average molecular weight is 184 g/mol. The highest BCUT2D eigenvalue weighted by Crippen LogP contribution is 2.11. The zero-order chi connectivity index (χ0) is 9.68. The Morgan fingerprint density at radius 1 is 1.15 bits per heavy atom. The minimum Gasteiger partial charge on any atom is -0.315 e. The van der Waals surface area contributed by atoms with Crippen molar-refractivity contribution in [2.24, 2.45) is 11.8 Å². The van der Waals surface area contributed by atoms with Crippen LogP contribution in [0.4, 0.5) is 0 Å². The van der Waals surface area contributed by atoms with Gasteiger partial charge in [-0.3, -0.25) is 0 Å². The predicted octanol–water partition coefficient (Wildman–Crippen LogP) is 1.57. The summed E-state index contributed by atoms with van der Waals surface area (Å²) in [5.74, 6) is 1.65. The van der Waals surface area contributed by atoms with Crippen molar-refractivity contribution < 1.29 is 0 Å². The van der Waals surface area contributed by atoms with Crippen LogP contribution < -0.4 is 5.32 Å². The third kappa shape index (κ3) is 4.10. The molecule has 13 heavy (non-hydrogen) atoms. The summed E-state index contributed by atoms with van der Waals surface area (Å²) in [5.41, 5.74) is 0. The van der Waals surface area contributed by atoms with Crippen LogP contribution in [0.25, 0.3) is 0 Å². The molecular formula is C11H24N2. The second kappa shape index (κ2) is 5.61. The van der Waals surface area contributed by atoms with Crippen LogP contribution >= 0.6 is 0 Å². The third-order valence-electron chi connectivity index (χ3n) is 3.12. The van der Waals surface area contributed by atoms with Gasteiger partial charge < -0.3 is 10.2 Å². The van der Waals surface area contributed by atoms with Crippen LogP contribution in [0.1, 0.15) is 27.2 Å². The summed E-state index contributed by atoms with van der Waals surface area (Å²) >= 11 is 0. The van der Waals surface area contributed by atoms with E-state index in [0.29, 0.717) is 0 Å². The molecule has 1 aliphatic rings. The second-order valence-electron chi connectivity index (χ2n) is 4.63. The minimum atomic E-state index is 0.816. The Morgan fingerprint density at radius 3 is 2.62 bits per heavy atom. The van der Waals surface area contributed by atoms with Gasteiger partial charge in [0.1, 0.15) is 0 Å². The fourth-order valence-electron chi connectivity index (χ4n) is 1.70. The summed E-state index contributed by atoms with van der Waals surface area (Å²) in [6.45, 7) is 13.2. The van der Waals surface area contributed by atoms with Crippen molar-refractivity contribution in [1.82, 2.24) is 10.2 Å². The molecule has 1 heterocycles. The Kier molecular flexibility index (Phi) is 4.74. The van der Waals surface area contributed by atoms with Crippen molar-refractivity contribution in [3.8, 4) is 0 Å². The average Bonchev–Trinajstić information content (AvgIpc) is 2.32. The topological polar surface area (TPSA) is 15.3 Å². The molecular weight excluding hydrogens is 160 g/mol. The molecule has 78 valence electrons. The van der Waals surface area contributed by atoms with E-state index >= 15 is 0 Å². The van der Waals surface area contributed by atoms with Gasteiger partial charge >= 0.3 is 0 Å². The lowest BCUT2D eigenvalue weighted by molar-refractivity contribution is 0.223. The molecule has 0 aromatic carbocycles. The Hall–Kier alpha value is -0.0800. The molecule has 0 amide bonds. The van der Waals surface area contributed by atoms with Gasteiger partial charge in [-0.1, -0.05) is 20.8 Å². The maximum absolute atomic E-state index is 3.44. The molecule has 0 aromatic heterocycles. The van der Waals surface area contributed by atoms with Crippen LogP contribution in [-0.4, -0.2) is 37.6 Å². The van der Waals surface area contributed by atoms with E-state index in [4.69, 9.17) is 0 Å². The fourth-order valence-corrected chi connectivity index (χ4v) is 1.70. The van der Waals surface area contributed by atoms with Crippen LogP contribution in [0.3, 0.4) is 0 Å². The highest BCUT2D eigenvalue weighted by atomic mass is 15.1. The second-order valence-corrected chi connectivity index (χ2v) is 4.63. The summed E-state index contributed by atoms with van der Waals surface area (Å²) in [6.07, 6.45) is 1.31. The standard InChI is InChI=1S/C11H24N2/c1-10(2)11(3)9-13-7-4-5-12-6-8-13/h10-12H,4-9H2,1-3H3. The molecule has 1 N–H and O–H groups in total. The van der Waals surface area contributed by atoms with E-state index in [-0.39, 0.29) is 0 Å². The van der Waals surface area contributed by atoms with Gasteiger partial charge in [0.05, 0.1) is 0 Å². The number of hydrogen-bond acceptors (Lipinski definition) is 2. The first-order chi connectivity index (χ1) is 6.20. The zero-order valence-electron chi connectivity index (χ0n) is 9.34. The highest BCUT2D eigenvalue weighted by molar-refractivity contribution is 4.69. The van der Waals surface area contributed by atoms with E-state index in [1.165, 1.54) is 39.1 Å². The van der Waals surface area contributed by atoms with Crippen LogP contribution in [0.5, 0.6) is 0 Å². The van der Waals surface area contributed by atoms with Gasteiger partial charge in [0.2, 0.25) is 0 Å². The molecule has 0 saturated carbocycles. The van der Waals surface area contributed by atoms with E-state index in [2.05, 4.69) is 31.0 Å². The van der Waals surface area contributed by atoms with Crippen LogP contribution in [0, 0.1) is 11.8 Å². The van der Waals surface area contributed by atoms with Crippen LogP contribution in [0.2, 0.25) is 0 Å². The van der Waals surface area contributed by atoms with E-state index in [9.17, 15) is 0 Å². The first-order valence-corrected chi connectivity index (χ1v) is 5.63. The summed E-state index contributed by atoms with van der Waals surface area (Å²) in [4.78, 5) is 2.60. The minimum absolute atomic E-state index is 0.816. The van der Waals surface area contributed by atoms with Crippen LogP contribution in [-0.2, 0) is 0 Å². The number of nitrogens with zero attached hydrogens (tertiary/aromatic N) is 1. The molecule has 1 saturated heterocycles. The third-order valence-corrected chi connectivity index (χ3v) is 3.12. The Bertz CT molecular complexity index is 126. The maximum Gasteiger partial charge on any atom is 0.0107 e. The van der Waals surface area contributed by atoms with Crippen molar-refractivity contribution in [3.63, 3.8) is 0 Å². The normalized spacial score (nSPS) is 23.1. The molecule has 0 aromatic rings. The Balaban J connectivity index is 2.25. The zero-order valence-corrected chi connectivity index (χ0v) is 9.34. The van der Waals surface area contributed by atoms with Gasteiger partial charge in [-0.25, -0.2) is 0 Å². The first-order valence-electron chi connectivity index (χ1n) is 5.63. The summed E-state index contributed by atoms with van der Waals surface area (Å²) in [6, 6.07) is 0. The molecule has 1 atom stereocenters. The summed E-state index contributed by atoms with van der Waals surface area (Å²) < 4.78 is 0. The van der Waals surface area contributed by atoms with Gasteiger partial charge in [0.15, 0.2) is 0 Å². The van der Waals surface area contributed by atoms with Crippen LogP contribution in [0.15, 0.2) is 0 Å². The smallest absolute Gasteiger partial charge is 0.0107 e. The van der Waals surface area contributed by atoms with Gasteiger partial charge in [-0.05, 0) is 31.3 Å². The lowest BCUT2D eigenvalue weighted by atomic mass is 9.97. The van der Waals surface area contributed by atoms with Crippen molar-refractivity contribution >= 4 is 0 Å².